The van der Waals surface area contributed by atoms with Crippen LogP contribution in [0.2, 0.25) is 5.02 Å². The Labute approximate surface area is 108 Å². The molecule has 0 radical (unpaired) electrons. The minimum atomic E-state index is -0.893. The standard InChI is InChI=1S/C12H10ClNO2S/c13-9-2-1-3-10(5-9)14-6-11-4-8(7-17-11)12(15)16/h1-5,7,14H,6H2,(H,15,16). The van der Waals surface area contributed by atoms with Gasteiger partial charge < -0.3 is 10.4 Å². The van der Waals surface area contributed by atoms with Crippen LogP contribution in [0.5, 0.6) is 0 Å². The summed E-state index contributed by atoms with van der Waals surface area (Å²) in [6, 6.07) is 9.08. The van der Waals surface area contributed by atoms with Gasteiger partial charge in [0.1, 0.15) is 0 Å². The van der Waals surface area contributed by atoms with Crippen molar-refractivity contribution in [1.82, 2.24) is 0 Å². The summed E-state index contributed by atoms with van der Waals surface area (Å²) in [7, 11) is 0. The predicted octanol–water partition coefficient (Wildman–Crippen LogP) is 3.71. The van der Waals surface area contributed by atoms with Gasteiger partial charge in [0.25, 0.3) is 0 Å². The van der Waals surface area contributed by atoms with E-state index in [4.69, 9.17) is 16.7 Å². The third kappa shape index (κ3) is 3.22. The highest BCUT2D eigenvalue weighted by molar-refractivity contribution is 7.10. The van der Waals surface area contributed by atoms with Crippen molar-refractivity contribution in [1.29, 1.82) is 0 Å². The van der Waals surface area contributed by atoms with Gasteiger partial charge in [0.15, 0.2) is 0 Å². The molecule has 1 aromatic heterocycles. The van der Waals surface area contributed by atoms with Crippen LogP contribution in [0.4, 0.5) is 5.69 Å². The van der Waals surface area contributed by atoms with E-state index in [0.29, 0.717) is 17.1 Å². The second-order valence-electron chi connectivity index (χ2n) is 3.47. The summed E-state index contributed by atoms with van der Waals surface area (Å²) < 4.78 is 0. The Morgan fingerprint density at radius 2 is 2.24 bits per heavy atom. The Morgan fingerprint density at radius 3 is 2.88 bits per heavy atom. The molecule has 17 heavy (non-hydrogen) atoms. The predicted molar refractivity (Wildman–Crippen MR) is 70.1 cm³/mol. The van der Waals surface area contributed by atoms with E-state index >= 15 is 0 Å². The van der Waals surface area contributed by atoms with E-state index in [1.54, 1.807) is 17.5 Å². The van der Waals surface area contributed by atoms with E-state index in [-0.39, 0.29) is 0 Å². The first-order chi connectivity index (χ1) is 8.15. The van der Waals surface area contributed by atoms with E-state index in [0.717, 1.165) is 10.6 Å². The third-order valence-electron chi connectivity index (χ3n) is 2.19. The molecule has 0 aliphatic carbocycles. The zero-order valence-electron chi connectivity index (χ0n) is 8.81. The van der Waals surface area contributed by atoms with Crippen LogP contribution in [0.25, 0.3) is 0 Å². The highest BCUT2D eigenvalue weighted by Crippen LogP contribution is 2.19. The normalized spacial score (nSPS) is 10.2. The van der Waals surface area contributed by atoms with Crippen molar-refractivity contribution in [3.8, 4) is 0 Å². The summed E-state index contributed by atoms with van der Waals surface area (Å²) in [5, 5.41) is 14.3. The highest BCUT2D eigenvalue weighted by Gasteiger charge is 2.06. The molecule has 0 amide bonds. The van der Waals surface area contributed by atoms with Crippen molar-refractivity contribution in [3.63, 3.8) is 0 Å². The van der Waals surface area contributed by atoms with Gasteiger partial charge in [-0.25, -0.2) is 4.79 Å². The lowest BCUT2D eigenvalue weighted by Gasteiger charge is -2.04. The lowest BCUT2D eigenvalue weighted by atomic mass is 10.3. The zero-order chi connectivity index (χ0) is 12.3. The Kier molecular flexibility index (Phi) is 3.66. The van der Waals surface area contributed by atoms with Crippen molar-refractivity contribution in [2.45, 2.75) is 6.54 Å². The fraction of sp³-hybridized carbons (Fsp3) is 0.0833. The molecule has 0 aliphatic rings. The van der Waals surface area contributed by atoms with Gasteiger partial charge in [0.05, 0.1) is 5.56 Å². The molecule has 0 atom stereocenters. The number of benzene rings is 1. The molecular weight excluding hydrogens is 258 g/mol. The molecule has 2 aromatic rings. The van der Waals surface area contributed by atoms with E-state index in [9.17, 15) is 4.79 Å². The average Bonchev–Trinajstić information content (AvgIpc) is 2.75. The number of halogens is 1. The van der Waals surface area contributed by atoms with Crippen LogP contribution < -0.4 is 5.32 Å². The monoisotopic (exact) mass is 267 g/mol. The maximum absolute atomic E-state index is 10.7. The van der Waals surface area contributed by atoms with E-state index < -0.39 is 5.97 Å². The molecular formula is C12H10ClNO2S. The van der Waals surface area contributed by atoms with Crippen molar-refractivity contribution in [2.75, 3.05) is 5.32 Å². The van der Waals surface area contributed by atoms with Gasteiger partial charge >= 0.3 is 5.97 Å². The second-order valence-corrected chi connectivity index (χ2v) is 4.90. The number of nitrogens with one attached hydrogen (secondary N) is 1. The number of anilines is 1. The van der Waals surface area contributed by atoms with Gasteiger partial charge in [-0.15, -0.1) is 11.3 Å². The molecule has 0 spiro atoms. The largest absolute Gasteiger partial charge is 0.478 e. The highest BCUT2D eigenvalue weighted by atomic mass is 35.5. The van der Waals surface area contributed by atoms with Crippen LogP contribution in [0, 0.1) is 0 Å². The fourth-order valence-corrected chi connectivity index (χ4v) is 2.36. The summed E-state index contributed by atoms with van der Waals surface area (Å²) in [6.45, 7) is 0.596. The van der Waals surface area contributed by atoms with Gasteiger partial charge in [-0.05, 0) is 24.3 Å². The van der Waals surface area contributed by atoms with Crippen molar-refractivity contribution in [2.24, 2.45) is 0 Å². The number of hydrogen-bond acceptors (Lipinski definition) is 3. The minimum absolute atomic E-state index is 0.331. The summed E-state index contributed by atoms with van der Waals surface area (Å²) in [5.74, 6) is -0.893. The molecule has 0 unspecified atom stereocenters. The van der Waals surface area contributed by atoms with Gasteiger partial charge in [-0.3, -0.25) is 0 Å². The summed E-state index contributed by atoms with van der Waals surface area (Å²) >= 11 is 7.28. The van der Waals surface area contributed by atoms with Gasteiger partial charge in [0, 0.05) is 27.5 Å². The van der Waals surface area contributed by atoms with Gasteiger partial charge in [0.2, 0.25) is 0 Å². The van der Waals surface area contributed by atoms with Crippen LogP contribution >= 0.6 is 22.9 Å². The average molecular weight is 268 g/mol. The minimum Gasteiger partial charge on any atom is -0.478 e. The van der Waals surface area contributed by atoms with Crippen molar-refractivity contribution < 1.29 is 9.90 Å². The molecule has 1 heterocycles. The van der Waals surface area contributed by atoms with Gasteiger partial charge in [-0.1, -0.05) is 17.7 Å². The molecule has 0 fully saturated rings. The first-order valence-corrected chi connectivity index (χ1v) is 6.21. The topological polar surface area (TPSA) is 49.3 Å². The molecule has 5 heteroatoms. The number of thiophene rings is 1. The van der Waals surface area contributed by atoms with Crippen molar-refractivity contribution in [3.05, 3.63) is 51.2 Å². The maximum atomic E-state index is 10.7. The summed E-state index contributed by atoms with van der Waals surface area (Å²) in [6.07, 6.45) is 0. The smallest absolute Gasteiger partial charge is 0.336 e. The van der Waals surface area contributed by atoms with Crippen LogP contribution in [0.15, 0.2) is 35.7 Å². The molecule has 0 saturated heterocycles. The third-order valence-corrected chi connectivity index (χ3v) is 3.36. The molecule has 0 bridgehead atoms. The van der Waals surface area contributed by atoms with Crippen LogP contribution in [0.3, 0.4) is 0 Å². The number of carboxylic acid groups (broad SMARTS) is 1. The number of rotatable bonds is 4. The summed E-state index contributed by atoms with van der Waals surface area (Å²) in [5.41, 5.74) is 1.25. The maximum Gasteiger partial charge on any atom is 0.336 e. The van der Waals surface area contributed by atoms with E-state index in [1.807, 2.05) is 18.2 Å². The lowest BCUT2D eigenvalue weighted by Crippen LogP contribution is -1.97. The van der Waals surface area contributed by atoms with E-state index in [2.05, 4.69) is 5.32 Å². The molecule has 88 valence electrons. The van der Waals surface area contributed by atoms with Crippen molar-refractivity contribution >= 4 is 34.6 Å². The zero-order valence-corrected chi connectivity index (χ0v) is 10.4. The number of aromatic carboxylic acids is 1. The molecule has 0 aliphatic heterocycles. The second kappa shape index (κ2) is 5.21. The molecule has 2 N–H and O–H groups in total. The van der Waals surface area contributed by atoms with Gasteiger partial charge in [-0.2, -0.15) is 0 Å². The number of carbonyl (C=O) groups is 1. The fourth-order valence-electron chi connectivity index (χ4n) is 1.37. The molecule has 1 aromatic carbocycles. The van der Waals surface area contributed by atoms with Crippen LogP contribution in [-0.4, -0.2) is 11.1 Å². The Balaban J connectivity index is 2.00. The van der Waals surface area contributed by atoms with Crippen LogP contribution in [0.1, 0.15) is 15.2 Å². The lowest BCUT2D eigenvalue weighted by molar-refractivity contribution is 0.0697. The quantitative estimate of drug-likeness (QED) is 0.888. The van der Waals surface area contributed by atoms with Crippen LogP contribution in [-0.2, 0) is 6.54 Å². The number of carboxylic acids is 1. The molecule has 3 nitrogen and oxygen atoms in total. The molecule has 0 saturated carbocycles. The molecule has 2 rings (SSSR count). The Hall–Kier alpha value is -1.52. The first kappa shape index (κ1) is 12.0. The van der Waals surface area contributed by atoms with E-state index in [1.165, 1.54) is 11.3 Å². The Morgan fingerprint density at radius 1 is 1.41 bits per heavy atom. The number of hydrogen-bond donors (Lipinski definition) is 2. The summed E-state index contributed by atoms with van der Waals surface area (Å²) in [4.78, 5) is 11.7. The SMILES string of the molecule is O=C(O)c1csc(CNc2cccc(Cl)c2)c1. The first-order valence-electron chi connectivity index (χ1n) is 4.95. The Bertz CT molecular complexity index is 539.